The number of hydrogen-bond donors (Lipinski definition) is 1. The van der Waals surface area contributed by atoms with Gasteiger partial charge in [0.25, 0.3) is 0 Å². The summed E-state index contributed by atoms with van der Waals surface area (Å²) in [6, 6.07) is 4.30. The first-order valence-electron chi connectivity index (χ1n) is 5.95. The number of rotatable bonds is 4. The van der Waals surface area contributed by atoms with Crippen molar-refractivity contribution in [1.29, 1.82) is 0 Å². The molecule has 1 unspecified atom stereocenters. The molecule has 1 N–H and O–H groups in total. The Kier molecular flexibility index (Phi) is 3.72. The van der Waals surface area contributed by atoms with Crippen LogP contribution in [-0.2, 0) is 6.54 Å². The lowest BCUT2D eigenvalue weighted by molar-refractivity contribution is 0.173. The zero-order chi connectivity index (χ0) is 13.2. The van der Waals surface area contributed by atoms with E-state index in [1.54, 1.807) is 11.3 Å². The van der Waals surface area contributed by atoms with Crippen molar-refractivity contribution < 1.29 is 9.47 Å². The lowest BCUT2D eigenvalue weighted by atomic mass is 10.2. The monoisotopic (exact) mass is 340 g/mol. The number of hydrogen-bond acceptors (Lipinski definition) is 5. The SMILES string of the molecule is CC(NCc1cc(Br)c2c(c1)OCO2)c1nccs1. The van der Waals surface area contributed by atoms with Gasteiger partial charge < -0.3 is 14.8 Å². The van der Waals surface area contributed by atoms with Crippen LogP contribution in [0.25, 0.3) is 0 Å². The van der Waals surface area contributed by atoms with Crippen LogP contribution in [0.2, 0.25) is 0 Å². The third kappa shape index (κ3) is 2.75. The van der Waals surface area contributed by atoms with Gasteiger partial charge in [-0.1, -0.05) is 0 Å². The number of nitrogens with one attached hydrogen (secondary N) is 1. The first kappa shape index (κ1) is 12.9. The van der Waals surface area contributed by atoms with Crippen LogP contribution in [0, 0.1) is 0 Å². The third-order valence-corrected chi connectivity index (χ3v) is 4.47. The van der Waals surface area contributed by atoms with Crippen molar-refractivity contribution in [2.45, 2.75) is 19.5 Å². The summed E-state index contributed by atoms with van der Waals surface area (Å²) in [4.78, 5) is 4.31. The number of fused-ring (bicyclic) bond motifs is 1. The van der Waals surface area contributed by atoms with E-state index in [-0.39, 0.29) is 6.04 Å². The maximum atomic E-state index is 5.41. The summed E-state index contributed by atoms with van der Waals surface area (Å²) in [6.07, 6.45) is 1.83. The average molecular weight is 341 g/mol. The van der Waals surface area contributed by atoms with Crippen molar-refractivity contribution in [2.75, 3.05) is 6.79 Å². The zero-order valence-electron chi connectivity index (χ0n) is 10.4. The highest BCUT2D eigenvalue weighted by Crippen LogP contribution is 2.40. The Hall–Kier alpha value is -1.11. The molecule has 100 valence electrons. The van der Waals surface area contributed by atoms with E-state index in [1.165, 1.54) is 0 Å². The van der Waals surface area contributed by atoms with Gasteiger partial charge >= 0.3 is 0 Å². The van der Waals surface area contributed by atoms with Gasteiger partial charge in [0.2, 0.25) is 6.79 Å². The Morgan fingerprint density at radius 2 is 2.37 bits per heavy atom. The molecule has 1 atom stereocenters. The largest absolute Gasteiger partial charge is 0.454 e. The first-order chi connectivity index (χ1) is 9.24. The molecule has 3 rings (SSSR count). The van der Waals surface area contributed by atoms with Gasteiger partial charge in [-0.25, -0.2) is 4.98 Å². The molecule has 0 radical (unpaired) electrons. The summed E-state index contributed by atoms with van der Waals surface area (Å²) < 4.78 is 11.7. The van der Waals surface area contributed by atoms with Gasteiger partial charge in [-0.15, -0.1) is 11.3 Å². The van der Waals surface area contributed by atoms with Gasteiger partial charge in [0.05, 0.1) is 10.5 Å². The van der Waals surface area contributed by atoms with Crippen LogP contribution in [-0.4, -0.2) is 11.8 Å². The minimum atomic E-state index is 0.240. The molecular formula is C13H13BrN2O2S. The maximum Gasteiger partial charge on any atom is 0.231 e. The Morgan fingerprint density at radius 3 is 3.16 bits per heavy atom. The summed E-state index contributed by atoms with van der Waals surface area (Å²) in [6.45, 7) is 3.16. The fourth-order valence-electron chi connectivity index (χ4n) is 1.93. The van der Waals surface area contributed by atoms with E-state index in [0.717, 1.165) is 33.1 Å². The normalized spacial score (nSPS) is 14.6. The predicted octanol–water partition coefficient (Wildman–Crippen LogP) is 3.49. The number of ether oxygens (including phenoxy) is 2. The van der Waals surface area contributed by atoms with Crippen molar-refractivity contribution in [3.05, 3.63) is 38.8 Å². The number of benzene rings is 1. The standard InChI is InChI=1S/C13H13BrN2O2S/c1-8(13-15-2-3-19-13)16-6-9-4-10(14)12-11(5-9)17-7-18-12/h2-5,8,16H,6-7H2,1H3. The second-order valence-corrected chi connectivity index (χ2v) is 6.06. The van der Waals surface area contributed by atoms with Gasteiger partial charge in [0, 0.05) is 18.1 Å². The lowest BCUT2D eigenvalue weighted by Gasteiger charge is -2.12. The second-order valence-electron chi connectivity index (χ2n) is 4.28. The summed E-state index contributed by atoms with van der Waals surface area (Å²) >= 11 is 5.16. The first-order valence-corrected chi connectivity index (χ1v) is 7.62. The minimum Gasteiger partial charge on any atom is -0.454 e. The van der Waals surface area contributed by atoms with Crippen LogP contribution in [0.4, 0.5) is 0 Å². The van der Waals surface area contributed by atoms with Gasteiger partial charge in [0.15, 0.2) is 11.5 Å². The highest BCUT2D eigenvalue weighted by molar-refractivity contribution is 9.10. The maximum absolute atomic E-state index is 5.41. The smallest absolute Gasteiger partial charge is 0.231 e. The lowest BCUT2D eigenvalue weighted by Crippen LogP contribution is -2.17. The molecular weight excluding hydrogens is 328 g/mol. The number of thiazole rings is 1. The van der Waals surface area contributed by atoms with Crippen LogP contribution in [0.3, 0.4) is 0 Å². The van der Waals surface area contributed by atoms with Crippen molar-refractivity contribution in [3.8, 4) is 11.5 Å². The molecule has 1 aromatic carbocycles. The highest BCUT2D eigenvalue weighted by Gasteiger charge is 2.18. The molecule has 4 nitrogen and oxygen atoms in total. The Bertz CT molecular complexity index is 574. The van der Waals surface area contributed by atoms with E-state index in [1.807, 2.05) is 17.6 Å². The van der Waals surface area contributed by atoms with Gasteiger partial charge in [0.1, 0.15) is 5.01 Å². The molecule has 1 aliphatic heterocycles. The molecule has 0 saturated heterocycles. The fraction of sp³-hybridized carbons (Fsp3) is 0.308. The number of aromatic nitrogens is 1. The quantitative estimate of drug-likeness (QED) is 0.925. The number of halogens is 1. The van der Waals surface area contributed by atoms with E-state index < -0.39 is 0 Å². The molecule has 0 spiro atoms. The molecule has 0 fully saturated rings. The van der Waals surface area contributed by atoms with Crippen LogP contribution >= 0.6 is 27.3 Å². The van der Waals surface area contributed by atoms with E-state index >= 15 is 0 Å². The molecule has 19 heavy (non-hydrogen) atoms. The fourth-order valence-corrected chi connectivity index (χ4v) is 3.20. The Labute approximate surface area is 123 Å². The van der Waals surface area contributed by atoms with Crippen LogP contribution in [0.1, 0.15) is 23.5 Å². The van der Waals surface area contributed by atoms with Gasteiger partial charge in [-0.05, 0) is 40.5 Å². The van der Waals surface area contributed by atoms with E-state index in [4.69, 9.17) is 9.47 Å². The van der Waals surface area contributed by atoms with Crippen molar-refractivity contribution in [1.82, 2.24) is 10.3 Å². The molecule has 6 heteroatoms. The third-order valence-electron chi connectivity index (χ3n) is 2.92. The summed E-state index contributed by atoms with van der Waals surface area (Å²) in [5, 5.41) is 6.54. The van der Waals surface area contributed by atoms with Gasteiger partial charge in [-0.2, -0.15) is 0 Å². The topological polar surface area (TPSA) is 43.4 Å². The zero-order valence-corrected chi connectivity index (χ0v) is 12.8. The van der Waals surface area contributed by atoms with Crippen LogP contribution < -0.4 is 14.8 Å². The van der Waals surface area contributed by atoms with Crippen molar-refractivity contribution in [2.24, 2.45) is 0 Å². The highest BCUT2D eigenvalue weighted by atomic mass is 79.9. The molecule has 2 heterocycles. The van der Waals surface area contributed by atoms with E-state index in [2.05, 4.69) is 39.2 Å². The minimum absolute atomic E-state index is 0.240. The molecule has 0 bridgehead atoms. The molecule has 0 saturated carbocycles. The Balaban J connectivity index is 1.69. The van der Waals surface area contributed by atoms with Gasteiger partial charge in [-0.3, -0.25) is 0 Å². The Morgan fingerprint density at radius 1 is 1.47 bits per heavy atom. The molecule has 0 aliphatic carbocycles. The van der Waals surface area contributed by atoms with Crippen LogP contribution in [0.5, 0.6) is 11.5 Å². The number of nitrogens with zero attached hydrogens (tertiary/aromatic N) is 1. The second kappa shape index (κ2) is 5.48. The van der Waals surface area contributed by atoms with Crippen molar-refractivity contribution >= 4 is 27.3 Å². The van der Waals surface area contributed by atoms with E-state index in [9.17, 15) is 0 Å². The molecule has 1 aliphatic rings. The summed E-state index contributed by atoms with van der Waals surface area (Å²) in [5.74, 6) is 1.59. The molecule has 0 amide bonds. The van der Waals surface area contributed by atoms with Crippen LogP contribution in [0.15, 0.2) is 28.2 Å². The molecule has 2 aromatic rings. The predicted molar refractivity (Wildman–Crippen MR) is 77.6 cm³/mol. The summed E-state index contributed by atoms with van der Waals surface area (Å²) in [5.41, 5.74) is 1.15. The summed E-state index contributed by atoms with van der Waals surface area (Å²) in [7, 11) is 0. The average Bonchev–Trinajstić information content (AvgIpc) is 3.06. The molecule has 1 aromatic heterocycles. The van der Waals surface area contributed by atoms with Crippen molar-refractivity contribution in [3.63, 3.8) is 0 Å². The van der Waals surface area contributed by atoms with E-state index in [0.29, 0.717) is 6.79 Å².